The molecule has 0 aromatic heterocycles. The van der Waals surface area contributed by atoms with Crippen molar-refractivity contribution in [1.82, 2.24) is 4.72 Å². The Morgan fingerprint density at radius 3 is 2.05 bits per heavy atom. The van der Waals surface area contributed by atoms with Crippen molar-refractivity contribution in [2.75, 3.05) is 6.54 Å². The zero-order chi connectivity index (χ0) is 15.1. The van der Waals surface area contributed by atoms with E-state index in [1.807, 2.05) is 20.8 Å². The highest BCUT2D eigenvalue weighted by Gasteiger charge is 2.36. The molecule has 1 atom stereocenters. The van der Waals surface area contributed by atoms with Gasteiger partial charge in [-0.2, -0.15) is 8.42 Å². The minimum absolute atomic E-state index is 0.0926. The van der Waals surface area contributed by atoms with Gasteiger partial charge in [-0.05, 0) is 52.4 Å². The van der Waals surface area contributed by atoms with Crippen molar-refractivity contribution < 1.29 is 12.6 Å². The van der Waals surface area contributed by atoms with Gasteiger partial charge in [-0.15, -0.1) is 0 Å². The SMILES string of the molecule is CC1CCC(CN)(N[S@@](=O)C(C)(C)C)CC1.O=S=O. The third kappa shape index (κ3) is 6.74. The lowest BCUT2D eigenvalue weighted by Crippen LogP contribution is -2.56. The predicted octanol–water partition coefficient (Wildman–Crippen LogP) is 1.28. The molecule has 0 bridgehead atoms. The van der Waals surface area contributed by atoms with Crippen molar-refractivity contribution in [2.24, 2.45) is 11.7 Å². The second-order valence-corrected chi connectivity index (χ2v) is 8.32. The minimum Gasteiger partial charge on any atom is -0.329 e. The van der Waals surface area contributed by atoms with Gasteiger partial charge in [0.1, 0.15) is 0 Å². The topological polar surface area (TPSA) is 89.3 Å². The summed E-state index contributed by atoms with van der Waals surface area (Å²) < 4.78 is 31.8. The van der Waals surface area contributed by atoms with Crippen molar-refractivity contribution in [3.05, 3.63) is 0 Å². The number of hydrogen-bond acceptors (Lipinski definition) is 4. The first-order valence-electron chi connectivity index (χ1n) is 6.52. The van der Waals surface area contributed by atoms with E-state index in [9.17, 15) is 4.21 Å². The van der Waals surface area contributed by atoms with Crippen molar-refractivity contribution >= 4 is 22.6 Å². The van der Waals surface area contributed by atoms with E-state index in [4.69, 9.17) is 14.2 Å². The van der Waals surface area contributed by atoms with E-state index in [-0.39, 0.29) is 10.3 Å². The predicted molar refractivity (Wildman–Crippen MR) is 79.4 cm³/mol. The van der Waals surface area contributed by atoms with E-state index in [1.54, 1.807) is 0 Å². The second-order valence-electron chi connectivity index (χ2n) is 6.22. The Balaban J connectivity index is 0.000000982. The van der Waals surface area contributed by atoms with Crippen LogP contribution in [0.3, 0.4) is 0 Å². The number of rotatable bonds is 3. The molecule has 3 N–H and O–H groups in total. The molecule has 19 heavy (non-hydrogen) atoms. The first-order valence-corrected chi connectivity index (χ1v) is 8.34. The molecule has 0 aliphatic heterocycles. The fourth-order valence-electron chi connectivity index (χ4n) is 2.01. The van der Waals surface area contributed by atoms with Crippen LogP contribution >= 0.6 is 0 Å². The largest absolute Gasteiger partial charge is 0.335 e. The molecule has 0 aromatic carbocycles. The molecule has 5 nitrogen and oxygen atoms in total. The molecular weight excluding hydrogens is 284 g/mol. The maximum atomic E-state index is 12.1. The van der Waals surface area contributed by atoms with E-state index >= 15 is 0 Å². The molecule has 1 rings (SSSR count). The maximum absolute atomic E-state index is 12.1. The molecule has 0 amide bonds. The van der Waals surface area contributed by atoms with Crippen LogP contribution in [0.1, 0.15) is 53.4 Å². The summed E-state index contributed by atoms with van der Waals surface area (Å²) in [5, 5.41) is 0. The molecule has 0 aromatic rings. The highest BCUT2D eigenvalue weighted by atomic mass is 32.2. The monoisotopic (exact) mass is 310 g/mol. The smallest absolute Gasteiger partial charge is 0.329 e. The lowest BCUT2D eigenvalue weighted by Gasteiger charge is -2.40. The molecule has 1 aliphatic rings. The first kappa shape index (κ1) is 18.9. The molecule has 1 fully saturated rings. The average molecular weight is 310 g/mol. The van der Waals surface area contributed by atoms with E-state index in [0.29, 0.717) is 6.54 Å². The molecule has 0 saturated heterocycles. The van der Waals surface area contributed by atoms with Gasteiger partial charge in [0.05, 0.1) is 15.7 Å². The first-order chi connectivity index (χ1) is 8.70. The Hall–Kier alpha value is -0.110. The molecule has 0 spiro atoms. The van der Waals surface area contributed by atoms with Crippen molar-refractivity contribution in [3.63, 3.8) is 0 Å². The van der Waals surface area contributed by atoms with Crippen LogP contribution < -0.4 is 10.5 Å². The molecule has 1 saturated carbocycles. The van der Waals surface area contributed by atoms with Gasteiger partial charge in [0.25, 0.3) is 0 Å². The third-order valence-electron chi connectivity index (χ3n) is 3.49. The van der Waals surface area contributed by atoms with Crippen LogP contribution in [0.5, 0.6) is 0 Å². The van der Waals surface area contributed by atoms with Crippen LogP contribution in [0.25, 0.3) is 0 Å². The quantitative estimate of drug-likeness (QED) is 0.821. The summed E-state index contributed by atoms with van der Waals surface area (Å²) in [5.74, 6) is 0.782. The fraction of sp³-hybridized carbons (Fsp3) is 1.00. The van der Waals surface area contributed by atoms with Crippen LogP contribution in [0, 0.1) is 5.92 Å². The Kier molecular flexibility index (Phi) is 8.19. The van der Waals surface area contributed by atoms with E-state index in [1.165, 1.54) is 12.8 Å². The maximum Gasteiger partial charge on any atom is 0.335 e. The lowest BCUT2D eigenvalue weighted by atomic mass is 9.78. The molecule has 7 heteroatoms. The Labute approximate surface area is 122 Å². The summed E-state index contributed by atoms with van der Waals surface area (Å²) in [6.07, 6.45) is 4.47. The van der Waals surface area contributed by atoms with Crippen LogP contribution in [0.4, 0.5) is 0 Å². The summed E-state index contributed by atoms with van der Waals surface area (Å²) in [7, 11) is -1.02. The summed E-state index contributed by atoms with van der Waals surface area (Å²) in [4.78, 5) is 0. The van der Waals surface area contributed by atoms with Crippen molar-refractivity contribution in [3.8, 4) is 0 Å². The molecular formula is C12H26N2O3S2. The molecule has 114 valence electrons. The van der Waals surface area contributed by atoms with Crippen LogP contribution in [0.15, 0.2) is 0 Å². The highest BCUT2D eigenvalue weighted by molar-refractivity contribution is 7.84. The van der Waals surface area contributed by atoms with E-state index in [2.05, 4.69) is 11.6 Å². The second kappa shape index (κ2) is 8.24. The Morgan fingerprint density at radius 1 is 1.32 bits per heavy atom. The van der Waals surface area contributed by atoms with Gasteiger partial charge in [0.15, 0.2) is 0 Å². The zero-order valence-electron chi connectivity index (χ0n) is 12.2. The van der Waals surface area contributed by atoms with Crippen LogP contribution in [-0.4, -0.2) is 29.5 Å². The Morgan fingerprint density at radius 2 is 1.74 bits per heavy atom. The third-order valence-corrected chi connectivity index (χ3v) is 5.22. The normalized spacial score (nSPS) is 29.0. The summed E-state index contributed by atoms with van der Waals surface area (Å²) in [5.41, 5.74) is 5.79. The summed E-state index contributed by atoms with van der Waals surface area (Å²) in [6.45, 7) is 8.84. The van der Waals surface area contributed by atoms with Gasteiger partial charge in [0.2, 0.25) is 0 Å². The highest BCUT2D eigenvalue weighted by Crippen LogP contribution is 2.32. The van der Waals surface area contributed by atoms with Gasteiger partial charge in [-0.3, -0.25) is 0 Å². The summed E-state index contributed by atoms with van der Waals surface area (Å²) >= 11 is -0.750. The standard InChI is InChI=1S/C12H26N2OS.O2S/c1-10-5-7-12(9-13,8-6-10)14-16(15)11(2,3)4;1-3-2/h10,14H,5-9,13H2,1-4H3;/t10?,12?,16-;/m0./s1. The fourth-order valence-corrected chi connectivity index (χ4v) is 3.00. The molecule has 0 heterocycles. The van der Waals surface area contributed by atoms with Crippen molar-refractivity contribution in [2.45, 2.75) is 63.7 Å². The number of nitrogens with two attached hydrogens (primary N) is 1. The van der Waals surface area contributed by atoms with Gasteiger partial charge in [-0.1, -0.05) is 6.92 Å². The molecule has 0 radical (unpaired) electrons. The average Bonchev–Trinajstić information content (AvgIpc) is 2.32. The van der Waals surface area contributed by atoms with Gasteiger partial charge >= 0.3 is 11.6 Å². The van der Waals surface area contributed by atoms with Gasteiger partial charge in [0, 0.05) is 12.1 Å². The van der Waals surface area contributed by atoms with E-state index < -0.39 is 22.6 Å². The van der Waals surface area contributed by atoms with Gasteiger partial charge < -0.3 is 5.73 Å². The van der Waals surface area contributed by atoms with Crippen LogP contribution in [-0.2, 0) is 22.6 Å². The Bertz CT molecular complexity index is 328. The number of hydrogen-bond donors (Lipinski definition) is 2. The molecule has 0 unspecified atom stereocenters. The van der Waals surface area contributed by atoms with E-state index in [0.717, 1.165) is 18.8 Å². The zero-order valence-corrected chi connectivity index (χ0v) is 13.9. The van der Waals surface area contributed by atoms with Crippen molar-refractivity contribution in [1.29, 1.82) is 0 Å². The summed E-state index contributed by atoms with van der Waals surface area (Å²) in [6, 6.07) is 0. The van der Waals surface area contributed by atoms with Gasteiger partial charge in [-0.25, -0.2) is 8.93 Å². The molecule has 1 aliphatic carbocycles. The lowest BCUT2D eigenvalue weighted by molar-refractivity contribution is 0.233. The minimum atomic E-state index is -1.02. The number of nitrogens with one attached hydrogen (secondary N) is 1. The van der Waals surface area contributed by atoms with Crippen LogP contribution in [0.2, 0.25) is 0 Å².